The molecule has 0 aliphatic heterocycles. The molecule has 0 N–H and O–H groups in total. The van der Waals surface area contributed by atoms with E-state index >= 15 is 0 Å². The van der Waals surface area contributed by atoms with E-state index in [4.69, 9.17) is 4.52 Å². The molecule has 27 heavy (non-hydrogen) atoms. The van der Waals surface area contributed by atoms with Crippen LogP contribution in [0.4, 0.5) is 4.39 Å². The Balaban J connectivity index is 1.74. The van der Waals surface area contributed by atoms with Crippen molar-refractivity contribution in [2.45, 2.75) is 24.4 Å². The van der Waals surface area contributed by atoms with E-state index in [1.165, 1.54) is 23.9 Å². The highest BCUT2D eigenvalue weighted by Gasteiger charge is 2.13. The highest BCUT2D eigenvalue weighted by Crippen LogP contribution is 2.23. The normalized spacial score (nSPS) is 11.2. The summed E-state index contributed by atoms with van der Waals surface area (Å²) < 4.78 is 19.9. The third kappa shape index (κ3) is 3.78. The molecule has 2 aromatic heterocycles. The van der Waals surface area contributed by atoms with Crippen LogP contribution in [0.1, 0.15) is 17.0 Å². The number of nitrogens with zero attached hydrogens (tertiary/aromatic N) is 3. The van der Waals surface area contributed by atoms with E-state index in [1.54, 1.807) is 22.8 Å². The fraction of sp³-hybridized carbons (Fsp3) is 0.150. The van der Waals surface area contributed by atoms with E-state index in [9.17, 15) is 9.18 Å². The quantitative estimate of drug-likeness (QED) is 0.383. The van der Waals surface area contributed by atoms with Gasteiger partial charge in [0.05, 0.1) is 23.1 Å². The lowest BCUT2D eigenvalue weighted by Crippen LogP contribution is -2.24. The first-order chi connectivity index (χ1) is 13.1. The van der Waals surface area contributed by atoms with E-state index in [1.807, 2.05) is 31.2 Å². The molecule has 0 bridgehead atoms. The Kier molecular flexibility index (Phi) is 4.77. The van der Waals surface area contributed by atoms with Crippen LogP contribution in [0.25, 0.3) is 10.9 Å². The van der Waals surface area contributed by atoms with Crippen molar-refractivity contribution in [3.8, 4) is 0 Å². The number of hydrogen-bond acceptors (Lipinski definition) is 5. The molecule has 0 saturated heterocycles. The molecule has 0 radical (unpaired) electrons. The summed E-state index contributed by atoms with van der Waals surface area (Å²) in [6.45, 7) is 2.15. The highest BCUT2D eigenvalue weighted by atomic mass is 32.2. The Hall–Kier alpha value is -2.93. The Labute approximate surface area is 158 Å². The maximum absolute atomic E-state index is 13.2. The predicted octanol–water partition coefficient (Wildman–Crippen LogP) is 4.17. The Morgan fingerprint density at radius 2 is 1.93 bits per heavy atom. The Bertz CT molecular complexity index is 1150. The van der Waals surface area contributed by atoms with E-state index in [-0.39, 0.29) is 11.4 Å². The van der Waals surface area contributed by atoms with Gasteiger partial charge in [-0.15, -0.1) is 0 Å². The summed E-state index contributed by atoms with van der Waals surface area (Å²) in [5, 5.41) is 5.13. The monoisotopic (exact) mass is 381 g/mol. The van der Waals surface area contributed by atoms with Crippen LogP contribution in [0.5, 0.6) is 0 Å². The molecule has 0 amide bonds. The SMILES string of the molecule is Cc1cc(CSc2nc3ccccc3c(=O)n2Cc2ccc(F)cc2)no1. The molecule has 0 unspecified atom stereocenters. The van der Waals surface area contributed by atoms with Crippen LogP contribution < -0.4 is 5.56 Å². The third-order valence-corrected chi connectivity index (χ3v) is 5.12. The lowest BCUT2D eigenvalue weighted by molar-refractivity contribution is 0.393. The maximum Gasteiger partial charge on any atom is 0.262 e. The second kappa shape index (κ2) is 7.36. The fourth-order valence-electron chi connectivity index (χ4n) is 2.79. The van der Waals surface area contributed by atoms with Crippen LogP contribution in [0.3, 0.4) is 0 Å². The van der Waals surface area contributed by atoms with E-state index in [0.717, 1.165) is 17.0 Å². The van der Waals surface area contributed by atoms with Crippen LogP contribution >= 0.6 is 11.8 Å². The summed E-state index contributed by atoms with van der Waals surface area (Å²) in [5.41, 5.74) is 2.14. The molecule has 2 heterocycles. The standard InChI is InChI=1S/C20H16FN3O2S/c1-13-10-16(23-26-13)12-27-20-22-18-5-3-2-4-17(18)19(25)24(20)11-14-6-8-15(21)9-7-14/h2-10H,11-12H2,1H3. The molecule has 0 fully saturated rings. The first-order valence-corrected chi connectivity index (χ1v) is 9.38. The summed E-state index contributed by atoms with van der Waals surface area (Å²) >= 11 is 1.42. The molecular weight excluding hydrogens is 365 g/mol. The molecule has 7 heteroatoms. The van der Waals surface area contributed by atoms with Gasteiger partial charge in [0.2, 0.25) is 0 Å². The Morgan fingerprint density at radius 3 is 2.67 bits per heavy atom. The minimum Gasteiger partial charge on any atom is -0.361 e. The predicted molar refractivity (Wildman–Crippen MR) is 102 cm³/mol. The first-order valence-electron chi connectivity index (χ1n) is 8.39. The van der Waals surface area contributed by atoms with E-state index in [2.05, 4.69) is 10.1 Å². The van der Waals surface area contributed by atoms with Gasteiger partial charge in [-0.25, -0.2) is 9.37 Å². The van der Waals surface area contributed by atoms with Crippen LogP contribution in [-0.4, -0.2) is 14.7 Å². The van der Waals surface area contributed by atoms with Crippen molar-refractivity contribution in [2.75, 3.05) is 0 Å². The van der Waals surface area contributed by atoms with Crippen LogP contribution in [0.2, 0.25) is 0 Å². The van der Waals surface area contributed by atoms with Crippen molar-refractivity contribution < 1.29 is 8.91 Å². The number of fused-ring (bicyclic) bond motifs is 1. The van der Waals surface area contributed by atoms with Gasteiger partial charge in [0.15, 0.2) is 5.16 Å². The van der Waals surface area contributed by atoms with Crippen molar-refractivity contribution in [3.05, 3.63) is 87.8 Å². The number of hydrogen-bond donors (Lipinski definition) is 0. The zero-order chi connectivity index (χ0) is 18.8. The average molecular weight is 381 g/mol. The van der Waals surface area contributed by atoms with Crippen LogP contribution in [0.15, 0.2) is 69.1 Å². The molecule has 4 rings (SSSR count). The van der Waals surface area contributed by atoms with Gasteiger partial charge in [-0.3, -0.25) is 9.36 Å². The maximum atomic E-state index is 13.2. The second-order valence-electron chi connectivity index (χ2n) is 6.15. The highest BCUT2D eigenvalue weighted by molar-refractivity contribution is 7.98. The van der Waals surface area contributed by atoms with Crippen molar-refractivity contribution in [3.63, 3.8) is 0 Å². The summed E-state index contributed by atoms with van der Waals surface area (Å²) in [7, 11) is 0. The number of aryl methyl sites for hydroxylation is 1. The largest absolute Gasteiger partial charge is 0.361 e. The van der Waals surface area contributed by atoms with Gasteiger partial charge in [0, 0.05) is 11.8 Å². The topological polar surface area (TPSA) is 60.9 Å². The smallest absolute Gasteiger partial charge is 0.262 e. The summed E-state index contributed by atoms with van der Waals surface area (Å²) in [4.78, 5) is 17.7. The van der Waals surface area contributed by atoms with Crippen LogP contribution in [-0.2, 0) is 12.3 Å². The lowest BCUT2D eigenvalue weighted by Gasteiger charge is -2.13. The van der Waals surface area contributed by atoms with Gasteiger partial charge in [-0.2, -0.15) is 0 Å². The molecule has 2 aromatic carbocycles. The minimum absolute atomic E-state index is 0.122. The van der Waals surface area contributed by atoms with Gasteiger partial charge in [-0.05, 0) is 36.8 Å². The van der Waals surface area contributed by atoms with Crippen molar-refractivity contribution in [2.24, 2.45) is 0 Å². The zero-order valence-corrected chi connectivity index (χ0v) is 15.4. The molecule has 4 aromatic rings. The first kappa shape index (κ1) is 17.5. The lowest BCUT2D eigenvalue weighted by atomic mass is 10.2. The molecule has 5 nitrogen and oxygen atoms in total. The summed E-state index contributed by atoms with van der Waals surface area (Å²) in [6, 6.07) is 15.2. The molecule has 0 atom stereocenters. The van der Waals surface area contributed by atoms with E-state index in [0.29, 0.717) is 28.4 Å². The molecule has 0 aliphatic carbocycles. The Morgan fingerprint density at radius 1 is 1.15 bits per heavy atom. The number of benzene rings is 2. The average Bonchev–Trinajstić information content (AvgIpc) is 3.09. The molecule has 0 saturated carbocycles. The molecule has 136 valence electrons. The number of rotatable bonds is 5. The molecule has 0 spiro atoms. The summed E-state index contributed by atoms with van der Waals surface area (Å²) in [6.07, 6.45) is 0. The van der Waals surface area contributed by atoms with Crippen molar-refractivity contribution in [1.82, 2.24) is 14.7 Å². The number of aromatic nitrogens is 3. The summed E-state index contributed by atoms with van der Waals surface area (Å²) in [5.74, 6) is 0.963. The van der Waals surface area contributed by atoms with Gasteiger partial charge < -0.3 is 4.52 Å². The zero-order valence-electron chi connectivity index (χ0n) is 14.6. The molecular formula is C20H16FN3O2S. The number of thioether (sulfide) groups is 1. The molecule has 0 aliphatic rings. The van der Waals surface area contributed by atoms with Crippen molar-refractivity contribution >= 4 is 22.7 Å². The van der Waals surface area contributed by atoms with Gasteiger partial charge >= 0.3 is 0 Å². The second-order valence-corrected chi connectivity index (χ2v) is 7.09. The van der Waals surface area contributed by atoms with Crippen molar-refractivity contribution in [1.29, 1.82) is 0 Å². The minimum atomic E-state index is -0.307. The number of halogens is 1. The fourth-order valence-corrected chi connectivity index (χ4v) is 3.67. The third-order valence-electron chi connectivity index (χ3n) is 4.11. The van der Waals surface area contributed by atoms with Crippen LogP contribution in [0, 0.1) is 12.7 Å². The van der Waals surface area contributed by atoms with Gasteiger partial charge in [0.25, 0.3) is 5.56 Å². The van der Waals surface area contributed by atoms with Gasteiger partial charge in [-0.1, -0.05) is 41.2 Å². The van der Waals surface area contributed by atoms with Gasteiger partial charge in [0.1, 0.15) is 11.6 Å². The van der Waals surface area contributed by atoms with E-state index < -0.39 is 0 Å². The number of para-hydroxylation sites is 1.